The minimum absolute atomic E-state index is 0.0220. The number of Topliss-reactive ketones (excluding diaryl/α,β-unsaturated/α-hetero) is 1. The predicted octanol–water partition coefficient (Wildman–Crippen LogP) is 6.54. The molecule has 9 rings (SSSR count). The Hall–Kier alpha value is -7.24. The summed E-state index contributed by atoms with van der Waals surface area (Å²) in [6.07, 6.45) is 8.28. The number of benzene rings is 1. The van der Waals surface area contributed by atoms with Gasteiger partial charge in [0.2, 0.25) is 23.5 Å². The third kappa shape index (κ3) is 16.5. The van der Waals surface area contributed by atoms with Gasteiger partial charge in [0.05, 0.1) is 62.0 Å². The molecule has 6 fully saturated rings. The Balaban J connectivity index is 0.615. The molecule has 6 aliphatic rings. The fraction of sp³-hybridized carbons (Fsp3) is 0.609. The number of halogens is 3. The number of hydrogen-bond donors (Lipinski definition) is 7. The second kappa shape index (κ2) is 30.7. The minimum atomic E-state index is -3.51. The van der Waals surface area contributed by atoms with Crippen molar-refractivity contribution in [3.63, 3.8) is 0 Å². The van der Waals surface area contributed by atoms with E-state index < -0.39 is 96.6 Å². The van der Waals surface area contributed by atoms with Gasteiger partial charge in [-0.3, -0.25) is 33.8 Å². The highest BCUT2D eigenvalue weighted by Crippen LogP contribution is 2.70. The van der Waals surface area contributed by atoms with Crippen LogP contribution in [0.15, 0.2) is 58.1 Å². The van der Waals surface area contributed by atoms with Crippen LogP contribution in [0.4, 0.5) is 18.4 Å². The van der Waals surface area contributed by atoms with Crippen molar-refractivity contribution in [2.45, 2.75) is 158 Å². The number of aliphatic hydroxyl groups is 1. The van der Waals surface area contributed by atoms with E-state index in [9.17, 15) is 66.9 Å². The summed E-state index contributed by atoms with van der Waals surface area (Å²) in [4.78, 5) is 134. The lowest BCUT2D eigenvalue weighted by atomic mass is 9.43. The van der Waals surface area contributed by atoms with E-state index in [4.69, 9.17) is 35.0 Å². The highest BCUT2D eigenvalue weighted by molar-refractivity contribution is 8.76. The molecule has 7 N–H and O–H groups in total. The molecule has 10 atom stereocenters. The number of likely N-dealkylation sites (tertiary alicyclic amines) is 2. The maximum absolute atomic E-state index is 14.6. The van der Waals surface area contributed by atoms with Gasteiger partial charge < -0.3 is 70.0 Å². The summed E-state index contributed by atoms with van der Waals surface area (Å²) in [7, 11) is 5.22. The number of nitrogens with zero attached hydrogens (tertiary/aromatic N) is 3. The zero-order valence-corrected chi connectivity index (χ0v) is 55.2. The van der Waals surface area contributed by atoms with Gasteiger partial charge in [0.25, 0.3) is 17.7 Å². The summed E-state index contributed by atoms with van der Waals surface area (Å²) in [6.45, 7) is 2.89. The van der Waals surface area contributed by atoms with Crippen molar-refractivity contribution in [1.29, 1.82) is 0 Å². The average Bonchev–Trinajstić information content (AvgIpc) is 1.40. The number of ether oxygens (including phenoxy) is 4. The van der Waals surface area contributed by atoms with Gasteiger partial charge in [-0.2, -0.15) is 0 Å². The largest absolute Gasteiger partial charge is 0.493 e. The first-order chi connectivity index (χ1) is 44.7. The lowest BCUT2D eigenvalue weighted by Crippen LogP contribution is -2.62. The van der Waals surface area contributed by atoms with Crippen LogP contribution in [0.3, 0.4) is 0 Å². The van der Waals surface area contributed by atoms with Gasteiger partial charge in [-0.1, -0.05) is 53.1 Å². The molecule has 0 bridgehead atoms. The number of carboxylic acids is 1. The molecule has 30 heteroatoms. The van der Waals surface area contributed by atoms with Gasteiger partial charge in [-0.05, 0) is 135 Å². The van der Waals surface area contributed by atoms with Gasteiger partial charge in [-0.15, -0.1) is 0 Å². The molecule has 512 valence electrons. The van der Waals surface area contributed by atoms with E-state index in [2.05, 4.69) is 45.4 Å². The van der Waals surface area contributed by atoms with Crippen molar-refractivity contribution in [3.8, 4) is 11.5 Å². The van der Waals surface area contributed by atoms with Crippen LogP contribution in [0.2, 0.25) is 5.02 Å². The van der Waals surface area contributed by atoms with E-state index in [1.165, 1.54) is 37.3 Å². The van der Waals surface area contributed by atoms with E-state index in [-0.39, 0.29) is 95.0 Å². The molecule has 94 heavy (non-hydrogen) atoms. The Morgan fingerprint density at radius 3 is 2.34 bits per heavy atom. The van der Waals surface area contributed by atoms with Crippen molar-refractivity contribution >= 4 is 86.7 Å². The van der Waals surface area contributed by atoms with Gasteiger partial charge in [0.15, 0.2) is 11.5 Å². The van der Waals surface area contributed by atoms with Crippen molar-refractivity contribution in [1.82, 2.24) is 41.4 Å². The predicted molar refractivity (Wildman–Crippen MR) is 339 cm³/mol. The molecule has 2 aromatic heterocycles. The summed E-state index contributed by atoms with van der Waals surface area (Å²) >= 11 is 6.22. The zero-order valence-electron chi connectivity index (χ0n) is 52.8. The maximum atomic E-state index is 14.6. The van der Waals surface area contributed by atoms with Crippen LogP contribution in [0.5, 0.6) is 11.5 Å². The number of methoxy groups -OCH3 is 2. The molecule has 4 saturated carbocycles. The van der Waals surface area contributed by atoms with E-state index in [1.807, 2.05) is 6.07 Å². The number of ketones is 1. The van der Waals surface area contributed by atoms with Crippen LogP contribution < -0.4 is 41.7 Å². The number of aliphatic carboxylic acids is 1. The molecule has 2 aliphatic heterocycles. The number of amides is 7. The first-order valence-electron chi connectivity index (χ1n) is 31.6. The molecule has 4 heterocycles. The Morgan fingerprint density at radius 1 is 0.851 bits per heavy atom. The summed E-state index contributed by atoms with van der Waals surface area (Å²) in [5.74, 6) is -8.66. The number of pyridine rings is 1. The molecule has 4 aliphatic carbocycles. The van der Waals surface area contributed by atoms with Crippen molar-refractivity contribution < 1.29 is 85.5 Å². The van der Waals surface area contributed by atoms with E-state index in [1.54, 1.807) is 29.2 Å². The van der Waals surface area contributed by atoms with Crippen LogP contribution in [0.25, 0.3) is 0 Å². The fourth-order valence-corrected chi connectivity index (χ4v) is 17.4. The third-order valence-corrected chi connectivity index (χ3v) is 22.9. The van der Waals surface area contributed by atoms with Crippen LogP contribution in [-0.2, 0) is 51.3 Å². The number of carboxylic acid groups (broad SMARTS) is 1. The first-order valence-corrected chi connectivity index (χ1v) is 34.5. The number of rotatable bonds is 25. The highest BCUT2D eigenvalue weighted by Gasteiger charge is 2.67. The normalized spacial score (nSPS) is 26.4. The lowest BCUT2D eigenvalue weighted by Gasteiger charge is -2.63. The van der Waals surface area contributed by atoms with Gasteiger partial charge >= 0.3 is 23.8 Å². The number of alkyl halides is 2. The number of fused-ring (bicyclic) bond motifs is 5. The molecule has 2 saturated heterocycles. The Labute approximate surface area is 554 Å². The standard InChI is InChI=1S/C64H81ClF2N8O17S2/c1-61-17-11-41(27-38(61)6-7-45-44(61)12-18-62(2)43(13-19-64(45,62)87)37-16-22-90-54(79)26-37)92-59(85)72-39-14-20-74(21-15-39)60(86)91-23-24-93-94-34-47(58(83)84)73-52(77)10-9-51(76)69-31-40-28-42(46(65)32-68-40)56(81)71-33-53(78)75-35-63(66,67)29-48(75)55(80)57(82)70-30-36-5-8-49(88-3)50(25-36)89-4/h5,8,16,22,25-26,28,32,38-39,41,43-45,47-48,87H,6-7,9-15,17-21,23-24,27,29-31,33-35H2,1-4H3,(H,69,76)(H,70,82)(H,71,81)(H,72,85)(H,73,77)(H,83,84)/t38-,41+,43-,44?,45-,47?,48?,61+,62-,64+/m1/s1. The molecular weight excluding hydrogens is 1290 g/mol. The molecule has 0 spiro atoms. The second-order valence-corrected chi connectivity index (χ2v) is 28.7. The minimum Gasteiger partial charge on any atom is -0.493 e. The number of carbonyl (C=O) groups is 9. The number of aromatic nitrogens is 1. The summed E-state index contributed by atoms with van der Waals surface area (Å²) in [5.41, 5.74) is -0.132. The van der Waals surface area contributed by atoms with Crippen LogP contribution in [0.1, 0.15) is 137 Å². The highest BCUT2D eigenvalue weighted by atomic mass is 35.5. The summed E-state index contributed by atoms with van der Waals surface area (Å²) in [6, 6.07) is 6.06. The number of hydrogen-bond acceptors (Lipinski definition) is 19. The smallest absolute Gasteiger partial charge is 0.409 e. The molecule has 25 nitrogen and oxygen atoms in total. The molecule has 1 aromatic carbocycles. The lowest BCUT2D eigenvalue weighted by molar-refractivity contribution is -0.205. The zero-order chi connectivity index (χ0) is 67.7. The number of carbonyl (C=O) groups excluding carboxylic acids is 8. The quantitative estimate of drug-likeness (QED) is 0.0269. The van der Waals surface area contributed by atoms with Crippen LogP contribution >= 0.6 is 33.2 Å². The van der Waals surface area contributed by atoms with Crippen LogP contribution in [0, 0.1) is 28.6 Å². The molecule has 3 aromatic rings. The van der Waals surface area contributed by atoms with Gasteiger partial charge in [-0.25, -0.2) is 28.0 Å². The van der Waals surface area contributed by atoms with E-state index in [0.29, 0.717) is 71.9 Å². The first kappa shape index (κ1) is 71.1. The van der Waals surface area contributed by atoms with Crippen molar-refractivity contribution in [3.05, 3.63) is 86.7 Å². The number of nitrogens with one attached hydrogen (secondary N) is 5. The van der Waals surface area contributed by atoms with Crippen molar-refractivity contribution in [2.24, 2.45) is 28.6 Å². The fourth-order valence-electron chi connectivity index (χ4n) is 15.2. The van der Waals surface area contributed by atoms with Gasteiger partial charge in [0.1, 0.15) is 24.8 Å². The number of piperidine rings is 1. The molecule has 3 unspecified atom stereocenters. The molecular formula is C64H81ClF2N8O17S2. The maximum Gasteiger partial charge on any atom is 0.409 e. The Bertz CT molecular complexity index is 3400. The molecule has 7 amide bonds. The topological polar surface area (TPSA) is 341 Å². The Kier molecular flexibility index (Phi) is 23.2. The molecule has 0 radical (unpaired) electrons. The average molecular weight is 1370 g/mol. The third-order valence-electron chi connectivity index (χ3n) is 20.2. The monoisotopic (exact) mass is 1370 g/mol. The van der Waals surface area contributed by atoms with E-state index >= 15 is 0 Å². The number of alkyl carbamates (subject to hydrolysis) is 1. The summed E-state index contributed by atoms with van der Waals surface area (Å²) < 4.78 is 56.2. The van der Waals surface area contributed by atoms with Gasteiger partial charge in [0, 0.05) is 74.1 Å². The Morgan fingerprint density at radius 2 is 1.61 bits per heavy atom. The summed E-state index contributed by atoms with van der Waals surface area (Å²) in [5, 5.41) is 34.8. The van der Waals surface area contributed by atoms with E-state index in [0.717, 1.165) is 73.9 Å². The van der Waals surface area contributed by atoms with Crippen LogP contribution in [-0.4, -0.2) is 173 Å². The SMILES string of the molecule is COc1ccc(CNC(=O)C(=O)C2CC(F)(F)CN2C(=O)CNC(=O)c2cc(CNC(=O)CCC(=O)NC(CSSCCOC(=O)N3CCC(NC(=O)O[C@H]4CC[C@]5(C)C6CC[C@]7(C)[C@@H](c8ccoc(=O)c8)CC[C@]7(O)[C@@H]6CC[C@@H]5C4)CC3)C(=O)O)ncc2Cl)cc1OC. The second-order valence-electron chi connectivity index (χ2n) is 25.7. The van der Waals surface area contributed by atoms with Crippen molar-refractivity contribution in [2.75, 3.05) is 58.5 Å².